The molecule has 0 rings (SSSR count). The van der Waals surface area contributed by atoms with E-state index < -0.39 is 0 Å². The van der Waals surface area contributed by atoms with E-state index in [-0.39, 0.29) is 12.1 Å². The van der Waals surface area contributed by atoms with Crippen molar-refractivity contribution in [2.75, 3.05) is 0 Å². The van der Waals surface area contributed by atoms with Crippen LogP contribution in [0.25, 0.3) is 0 Å². The molecule has 0 aliphatic rings. The van der Waals surface area contributed by atoms with Gasteiger partial charge < -0.3 is 0 Å². The van der Waals surface area contributed by atoms with Crippen LogP contribution in [-0.4, -0.2) is 12.1 Å². The molecule has 0 saturated heterocycles. The van der Waals surface area contributed by atoms with Gasteiger partial charge in [-0.15, -0.1) is 0 Å². The Hall–Kier alpha value is 1.27. The molecule has 92 valence electrons. The van der Waals surface area contributed by atoms with Crippen molar-refractivity contribution < 1.29 is 0 Å². The van der Waals surface area contributed by atoms with Crippen LogP contribution < -0.4 is 0 Å². The second-order valence-electron chi connectivity index (χ2n) is 4.58. The first-order valence-electron chi connectivity index (χ1n) is 6.97. The second-order valence-corrected chi connectivity index (χ2v) is 12.5. The molecule has 0 atom stereocenters. The molecule has 0 bridgehead atoms. The van der Waals surface area contributed by atoms with E-state index in [2.05, 4.69) is 27.1 Å². The molecule has 0 saturated carbocycles. The molecule has 0 aliphatic heterocycles. The fourth-order valence-electron chi connectivity index (χ4n) is 1.94. The molecule has 0 N–H and O–H groups in total. The fourth-order valence-corrected chi connectivity index (χ4v) is 5.88. The van der Waals surface area contributed by atoms with Gasteiger partial charge in [0, 0.05) is 0 Å². The number of hydrogen-bond donors (Lipinski definition) is 0. The topological polar surface area (TPSA) is 0 Å². The van der Waals surface area contributed by atoms with E-state index in [1.807, 2.05) is 0 Å². The predicted molar refractivity (Wildman–Crippen MR) is 83.8 cm³/mol. The van der Waals surface area contributed by atoms with Crippen molar-refractivity contribution in [3.05, 3.63) is 0 Å². The van der Waals surface area contributed by atoms with Gasteiger partial charge in [0.15, 0.2) is 0 Å². The Balaban J connectivity index is 2.81. The first-order valence-corrected chi connectivity index (χ1v) is 18.1. The fraction of sp³-hybridized carbons (Fsp3) is 1.00. The molecular formula is C13H29GeI. The Morgan fingerprint density at radius 1 is 0.667 bits per heavy atom. The molecule has 0 fully saturated rings. The standard InChI is InChI=1S/C13H29GeI/c1-2-3-4-5-6-7-8-9-10-11-12-13-14-15/h2-14H2,1H3. The van der Waals surface area contributed by atoms with Gasteiger partial charge in [0.25, 0.3) is 0 Å². The van der Waals surface area contributed by atoms with Crippen molar-refractivity contribution in [1.82, 2.24) is 0 Å². The van der Waals surface area contributed by atoms with Gasteiger partial charge in [-0.1, -0.05) is 6.92 Å². The SMILES string of the molecule is CCCCCCCCCCCC[CH2][GeH2][I]. The Bertz CT molecular complexity index is 94.7. The molecule has 2 heteroatoms. The van der Waals surface area contributed by atoms with Crippen LogP contribution in [0, 0.1) is 0 Å². The summed E-state index contributed by atoms with van der Waals surface area (Å²) in [4.78, 5) is 0. The maximum atomic E-state index is 2.67. The van der Waals surface area contributed by atoms with E-state index in [0.717, 1.165) is 0 Å². The molecule has 0 amide bonds. The van der Waals surface area contributed by atoms with Crippen LogP contribution in [-0.2, 0) is 0 Å². The van der Waals surface area contributed by atoms with Gasteiger partial charge in [0.05, 0.1) is 0 Å². The third-order valence-corrected chi connectivity index (χ3v) is 8.56. The van der Waals surface area contributed by atoms with Gasteiger partial charge in [-0.05, 0) is 0 Å². The third kappa shape index (κ3) is 15.3. The van der Waals surface area contributed by atoms with Crippen LogP contribution in [0.3, 0.4) is 0 Å². The Morgan fingerprint density at radius 3 is 1.47 bits per heavy atom. The van der Waals surface area contributed by atoms with Crippen molar-refractivity contribution in [1.29, 1.82) is 0 Å². The first-order chi connectivity index (χ1) is 7.41. The van der Waals surface area contributed by atoms with Crippen molar-refractivity contribution in [3.63, 3.8) is 0 Å². The van der Waals surface area contributed by atoms with E-state index in [9.17, 15) is 0 Å². The second kappa shape index (κ2) is 15.3. The van der Waals surface area contributed by atoms with E-state index in [1.165, 1.54) is 64.2 Å². The summed E-state index contributed by atoms with van der Waals surface area (Å²) in [6.07, 6.45) is 16.3. The molecule has 0 aromatic rings. The summed E-state index contributed by atoms with van der Waals surface area (Å²) >= 11 is 2.64. The molecule has 0 radical (unpaired) electrons. The molecule has 0 aliphatic carbocycles. The predicted octanol–water partition coefficient (Wildman–Crippen LogP) is 5.23. The van der Waals surface area contributed by atoms with E-state index in [1.54, 1.807) is 11.7 Å². The number of hydrogen-bond acceptors (Lipinski definition) is 0. The monoisotopic (exact) mass is 386 g/mol. The van der Waals surface area contributed by atoms with Crippen LogP contribution in [0.5, 0.6) is 0 Å². The molecular weight excluding hydrogens is 356 g/mol. The molecule has 0 aromatic heterocycles. The summed E-state index contributed by atoms with van der Waals surface area (Å²) in [5, 5.41) is 1.62. The van der Waals surface area contributed by atoms with E-state index >= 15 is 0 Å². The Kier molecular flexibility index (Phi) is 16.6. The third-order valence-electron chi connectivity index (χ3n) is 2.99. The van der Waals surface area contributed by atoms with Crippen molar-refractivity contribution in [3.8, 4) is 0 Å². The van der Waals surface area contributed by atoms with Crippen LogP contribution >= 0.6 is 20.2 Å². The molecule has 0 aromatic carbocycles. The average molecular weight is 385 g/mol. The summed E-state index contributed by atoms with van der Waals surface area (Å²) < 4.78 is 0. The Labute approximate surface area is 114 Å². The minimum absolute atomic E-state index is 0.0270. The summed E-state index contributed by atoms with van der Waals surface area (Å²) in [5.74, 6) is 0. The van der Waals surface area contributed by atoms with Gasteiger partial charge in [-0.25, -0.2) is 0 Å². The molecule has 0 heterocycles. The maximum absolute atomic E-state index is 2.67. The van der Waals surface area contributed by atoms with Gasteiger partial charge in [-0.3, -0.25) is 0 Å². The van der Waals surface area contributed by atoms with Crippen molar-refractivity contribution in [2.24, 2.45) is 0 Å². The number of unbranched alkanes of at least 4 members (excludes halogenated alkanes) is 10. The molecule has 0 spiro atoms. The quantitative estimate of drug-likeness (QED) is 0.245. The van der Waals surface area contributed by atoms with Gasteiger partial charge in [0.1, 0.15) is 0 Å². The summed E-state index contributed by atoms with van der Waals surface area (Å²) in [6.45, 7) is 2.29. The van der Waals surface area contributed by atoms with Crippen LogP contribution in [0.2, 0.25) is 5.25 Å². The van der Waals surface area contributed by atoms with Gasteiger partial charge >= 0.3 is 108 Å². The molecule has 15 heavy (non-hydrogen) atoms. The zero-order chi connectivity index (χ0) is 11.2. The number of rotatable bonds is 12. The molecule has 0 unspecified atom stereocenters. The zero-order valence-electron chi connectivity index (χ0n) is 10.6. The average Bonchev–Trinajstić information content (AvgIpc) is 2.26. The summed E-state index contributed by atoms with van der Waals surface area (Å²) in [7, 11) is 0. The summed E-state index contributed by atoms with van der Waals surface area (Å²) in [5.41, 5.74) is 0. The van der Waals surface area contributed by atoms with E-state index in [0.29, 0.717) is 0 Å². The van der Waals surface area contributed by atoms with E-state index in [4.69, 9.17) is 0 Å². The minimum atomic E-state index is -0.0270. The van der Waals surface area contributed by atoms with Crippen LogP contribution in [0.15, 0.2) is 0 Å². The first kappa shape index (κ1) is 16.3. The summed E-state index contributed by atoms with van der Waals surface area (Å²) in [6, 6.07) is 0. The van der Waals surface area contributed by atoms with Gasteiger partial charge in [0.2, 0.25) is 0 Å². The van der Waals surface area contributed by atoms with Crippen LogP contribution in [0.1, 0.15) is 77.6 Å². The van der Waals surface area contributed by atoms with Gasteiger partial charge in [-0.2, -0.15) is 0 Å². The Morgan fingerprint density at radius 2 is 1.07 bits per heavy atom. The van der Waals surface area contributed by atoms with Crippen LogP contribution in [0.4, 0.5) is 0 Å². The van der Waals surface area contributed by atoms with Crippen molar-refractivity contribution >= 4 is 32.3 Å². The number of halogens is 1. The normalized spacial score (nSPS) is 11.6. The molecule has 0 nitrogen and oxygen atoms in total. The zero-order valence-corrected chi connectivity index (χ0v) is 15.7. The van der Waals surface area contributed by atoms with Crippen molar-refractivity contribution in [2.45, 2.75) is 82.8 Å².